The Labute approximate surface area is 236 Å². The predicted octanol–water partition coefficient (Wildman–Crippen LogP) is 3.86. The number of carbonyl (C=O) groups is 3. The number of thiocarbonyl (C=S) groups is 1. The van der Waals surface area contributed by atoms with E-state index < -0.39 is 6.04 Å². The molecule has 2 aliphatic rings. The van der Waals surface area contributed by atoms with E-state index in [-0.39, 0.29) is 35.7 Å². The van der Waals surface area contributed by atoms with Crippen molar-refractivity contribution in [1.82, 2.24) is 20.9 Å². The van der Waals surface area contributed by atoms with Crippen LogP contribution in [-0.2, 0) is 16.1 Å². The van der Waals surface area contributed by atoms with Gasteiger partial charge < -0.3 is 25.6 Å². The van der Waals surface area contributed by atoms with Gasteiger partial charge in [0.2, 0.25) is 11.8 Å². The Hall–Kier alpha value is -3.76. The molecular weight excluding hydrogens is 532 g/mol. The second kappa shape index (κ2) is 11.2. The molecule has 202 valence electrons. The molecule has 2 fully saturated rings. The van der Waals surface area contributed by atoms with Gasteiger partial charge in [-0.1, -0.05) is 37.3 Å². The Bertz CT molecular complexity index is 1390. The molecule has 0 spiro atoms. The first-order valence-electron chi connectivity index (χ1n) is 12.8. The van der Waals surface area contributed by atoms with Crippen LogP contribution in [0.4, 0.5) is 0 Å². The summed E-state index contributed by atoms with van der Waals surface area (Å²) in [5.74, 6) is 0.520. The lowest BCUT2D eigenvalue weighted by atomic mass is 10.0. The fraction of sp³-hybridized carbons (Fsp3) is 0.310. The van der Waals surface area contributed by atoms with Crippen LogP contribution in [0.25, 0.3) is 0 Å². The number of benzene rings is 2. The molecule has 2 unspecified atom stereocenters. The summed E-state index contributed by atoms with van der Waals surface area (Å²) in [4.78, 5) is 42.4. The summed E-state index contributed by atoms with van der Waals surface area (Å²) in [5.41, 5.74) is 1.29. The first-order valence-corrected chi connectivity index (χ1v) is 14.1. The van der Waals surface area contributed by atoms with E-state index in [0.29, 0.717) is 35.0 Å². The lowest BCUT2D eigenvalue weighted by Crippen LogP contribution is -2.50. The highest BCUT2D eigenvalue weighted by Gasteiger charge is 2.64. The van der Waals surface area contributed by atoms with Gasteiger partial charge in [-0.15, -0.1) is 11.3 Å². The molecule has 1 aromatic heterocycles. The Morgan fingerprint density at radius 1 is 1.03 bits per heavy atom. The number of amides is 3. The lowest BCUT2D eigenvalue weighted by Gasteiger charge is -2.27. The van der Waals surface area contributed by atoms with E-state index in [1.165, 1.54) is 11.3 Å². The Kier molecular flexibility index (Phi) is 7.67. The van der Waals surface area contributed by atoms with E-state index in [0.717, 1.165) is 16.9 Å². The van der Waals surface area contributed by atoms with Gasteiger partial charge >= 0.3 is 0 Å². The molecule has 1 saturated carbocycles. The highest BCUT2D eigenvalue weighted by atomic mass is 32.1. The number of hydrogen-bond acceptors (Lipinski definition) is 6. The van der Waals surface area contributed by atoms with Crippen molar-refractivity contribution >= 4 is 46.3 Å². The summed E-state index contributed by atoms with van der Waals surface area (Å²) >= 11 is 6.79. The summed E-state index contributed by atoms with van der Waals surface area (Å²) < 4.78 is 5.77. The van der Waals surface area contributed by atoms with Crippen LogP contribution < -0.4 is 20.7 Å². The molecule has 8 nitrogen and oxygen atoms in total. The monoisotopic (exact) mass is 562 g/mol. The standard InChI is InChI=1S/C29H30N4O4S2/c1-29-13-23(27(36)31-15-22-12-19(17-39-22)28(38)30-2)33(24(29)14-29)25(34)16-32-26(35)18-8-10-21(11-9-18)37-20-6-4-3-5-7-20/h3-12,17,23-24H,13-16H2,1-2H3,(H,30,38)(H,31,36)(H,32,35)/t23?,24?,29-/m1/s1. The van der Waals surface area contributed by atoms with Crippen molar-refractivity contribution in [1.29, 1.82) is 0 Å². The second-order valence-electron chi connectivity index (χ2n) is 10.1. The maximum absolute atomic E-state index is 13.2. The molecule has 0 radical (unpaired) electrons. The van der Waals surface area contributed by atoms with Gasteiger partial charge in [-0.25, -0.2) is 0 Å². The topological polar surface area (TPSA) is 99.8 Å². The third-order valence-electron chi connectivity index (χ3n) is 7.30. The molecule has 2 heterocycles. The summed E-state index contributed by atoms with van der Waals surface area (Å²) in [6.45, 7) is 2.30. The minimum atomic E-state index is -0.551. The molecular formula is C29H30N4O4S2. The molecule has 10 heteroatoms. The maximum Gasteiger partial charge on any atom is 0.251 e. The van der Waals surface area contributed by atoms with Crippen molar-refractivity contribution in [2.75, 3.05) is 13.6 Å². The average Bonchev–Trinajstić information content (AvgIpc) is 3.26. The fourth-order valence-electron chi connectivity index (χ4n) is 5.04. The number of nitrogens with zero attached hydrogens (tertiary/aromatic N) is 1. The van der Waals surface area contributed by atoms with Gasteiger partial charge in [0.1, 0.15) is 22.5 Å². The van der Waals surface area contributed by atoms with Gasteiger partial charge in [0.15, 0.2) is 0 Å². The number of piperidine rings is 1. The van der Waals surface area contributed by atoms with Gasteiger partial charge in [-0.3, -0.25) is 14.4 Å². The van der Waals surface area contributed by atoms with Crippen molar-refractivity contribution < 1.29 is 19.1 Å². The van der Waals surface area contributed by atoms with Gasteiger partial charge in [-0.2, -0.15) is 0 Å². The minimum Gasteiger partial charge on any atom is -0.457 e. The predicted molar refractivity (Wildman–Crippen MR) is 154 cm³/mol. The van der Waals surface area contributed by atoms with Crippen LogP contribution in [0, 0.1) is 5.41 Å². The van der Waals surface area contributed by atoms with Crippen LogP contribution in [0.1, 0.15) is 40.6 Å². The van der Waals surface area contributed by atoms with Crippen molar-refractivity contribution in [3.05, 3.63) is 82.0 Å². The first-order chi connectivity index (χ1) is 18.8. The lowest BCUT2D eigenvalue weighted by molar-refractivity contribution is -0.139. The quantitative estimate of drug-likeness (QED) is 0.343. The molecule has 3 amide bonds. The number of likely N-dealkylation sites (tertiary alicyclic amines) is 1. The maximum atomic E-state index is 13.2. The SMILES string of the molecule is CNC(=S)c1csc(CNC(=O)C2C[C@]3(C)CC3N2C(=O)CNC(=O)c2ccc(Oc3ccccc3)cc2)c1. The zero-order valence-electron chi connectivity index (χ0n) is 21.7. The minimum absolute atomic E-state index is 0.0217. The molecule has 2 aromatic carbocycles. The zero-order valence-corrected chi connectivity index (χ0v) is 23.4. The number of carbonyl (C=O) groups excluding carboxylic acids is 3. The summed E-state index contributed by atoms with van der Waals surface area (Å²) in [6, 6.07) is 17.5. The van der Waals surface area contributed by atoms with E-state index in [9.17, 15) is 14.4 Å². The van der Waals surface area contributed by atoms with Crippen molar-refractivity contribution in [2.45, 2.75) is 38.4 Å². The van der Waals surface area contributed by atoms with E-state index in [4.69, 9.17) is 17.0 Å². The first kappa shape index (κ1) is 26.8. The summed E-state index contributed by atoms with van der Waals surface area (Å²) in [7, 11) is 1.78. The van der Waals surface area contributed by atoms with E-state index in [2.05, 4.69) is 22.9 Å². The van der Waals surface area contributed by atoms with Crippen LogP contribution in [0.5, 0.6) is 11.5 Å². The Morgan fingerprint density at radius 3 is 2.46 bits per heavy atom. The highest BCUT2D eigenvalue weighted by Crippen LogP contribution is 2.59. The van der Waals surface area contributed by atoms with Crippen molar-refractivity contribution in [3.8, 4) is 11.5 Å². The van der Waals surface area contributed by atoms with Crippen LogP contribution in [0.2, 0.25) is 0 Å². The van der Waals surface area contributed by atoms with E-state index in [1.807, 2.05) is 41.8 Å². The molecule has 1 aliphatic carbocycles. The van der Waals surface area contributed by atoms with Crippen LogP contribution in [0.15, 0.2) is 66.0 Å². The Morgan fingerprint density at radius 2 is 1.74 bits per heavy atom. The number of para-hydroxylation sites is 1. The average molecular weight is 563 g/mol. The number of hydrogen-bond donors (Lipinski definition) is 3. The van der Waals surface area contributed by atoms with Crippen LogP contribution >= 0.6 is 23.6 Å². The fourth-order valence-corrected chi connectivity index (χ4v) is 6.04. The van der Waals surface area contributed by atoms with Crippen LogP contribution in [0.3, 0.4) is 0 Å². The third-order valence-corrected chi connectivity index (χ3v) is 8.68. The number of fused-ring (bicyclic) bond motifs is 1. The second-order valence-corrected chi connectivity index (χ2v) is 11.5. The van der Waals surface area contributed by atoms with Gasteiger partial charge in [0.25, 0.3) is 5.91 Å². The highest BCUT2D eigenvalue weighted by molar-refractivity contribution is 7.80. The molecule has 5 rings (SSSR count). The molecule has 1 aliphatic heterocycles. The molecule has 0 bridgehead atoms. The van der Waals surface area contributed by atoms with Crippen LogP contribution in [-0.4, -0.2) is 53.3 Å². The summed E-state index contributed by atoms with van der Waals surface area (Å²) in [6.07, 6.45) is 1.49. The molecule has 3 aromatic rings. The number of rotatable bonds is 9. The third kappa shape index (κ3) is 5.97. The molecule has 1 saturated heterocycles. The largest absolute Gasteiger partial charge is 0.457 e. The number of thiophene rings is 1. The number of nitrogens with one attached hydrogen (secondary N) is 3. The zero-order chi connectivity index (χ0) is 27.6. The van der Waals surface area contributed by atoms with E-state index >= 15 is 0 Å². The molecule has 3 atom stereocenters. The molecule has 3 N–H and O–H groups in total. The van der Waals surface area contributed by atoms with Gasteiger partial charge in [0, 0.05) is 34.5 Å². The normalized spacial score (nSPS) is 21.0. The van der Waals surface area contributed by atoms with Gasteiger partial charge in [-0.05, 0) is 60.7 Å². The van der Waals surface area contributed by atoms with Crippen molar-refractivity contribution in [3.63, 3.8) is 0 Å². The van der Waals surface area contributed by atoms with Crippen molar-refractivity contribution in [2.24, 2.45) is 5.41 Å². The molecule has 39 heavy (non-hydrogen) atoms. The summed E-state index contributed by atoms with van der Waals surface area (Å²) in [5, 5.41) is 10.6. The van der Waals surface area contributed by atoms with E-state index in [1.54, 1.807) is 36.2 Å². The smallest absolute Gasteiger partial charge is 0.251 e. The Balaban J connectivity index is 1.15. The van der Waals surface area contributed by atoms with Gasteiger partial charge in [0.05, 0.1) is 13.1 Å². The number of ether oxygens (including phenoxy) is 1.